The van der Waals surface area contributed by atoms with E-state index in [1.807, 2.05) is 0 Å². The van der Waals surface area contributed by atoms with Gasteiger partial charge in [-0.15, -0.1) is 0 Å². The molecule has 0 unspecified atom stereocenters. The highest BCUT2D eigenvalue weighted by Crippen LogP contribution is 2.35. The average Bonchev–Trinajstić information content (AvgIpc) is 2.76. The van der Waals surface area contributed by atoms with Crippen molar-refractivity contribution in [2.45, 2.75) is 12.7 Å². The summed E-state index contributed by atoms with van der Waals surface area (Å²) in [6, 6.07) is 8.05. The highest BCUT2D eigenvalue weighted by atomic mass is 32.2. The van der Waals surface area contributed by atoms with E-state index in [0.717, 1.165) is 5.41 Å². The third-order valence-electron chi connectivity index (χ3n) is 4.34. The van der Waals surface area contributed by atoms with Gasteiger partial charge in [0.1, 0.15) is 29.5 Å². The van der Waals surface area contributed by atoms with Gasteiger partial charge in [-0.1, -0.05) is 6.07 Å². The lowest BCUT2D eigenvalue weighted by Gasteiger charge is -2.13. The van der Waals surface area contributed by atoms with Crippen LogP contribution in [0.5, 0.6) is 23.0 Å². The first-order chi connectivity index (χ1) is 15.2. The standard InChI is InChI=1S/C22H27NO8S/c1-5-31-19-7-6-15(10-18(19)23-13-22(24)25)14-32(26,27)9-8-17-20(29-3)11-16(28-2)12-21(17)30-4/h6-12,23H,5,13-14H2,1-4H3,(H,24,25)/b9-8+. The van der Waals surface area contributed by atoms with Crippen LogP contribution in [0.15, 0.2) is 35.7 Å². The van der Waals surface area contributed by atoms with Crippen molar-refractivity contribution in [3.8, 4) is 23.0 Å². The second kappa shape index (κ2) is 11.3. The molecule has 0 fully saturated rings. The average molecular weight is 466 g/mol. The molecule has 2 aromatic rings. The molecule has 0 aliphatic heterocycles. The lowest BCUT2D eigenvalue weighted by molar-refractivity contribution is -0.134. The number of hydrogen-bond donors (Lipinski definition) is 2. The summed E-state index contributed by atoms with van der Waals surface area (Å²) in [5, 5.41) is 12.7. The minimum Gasteiger partial charge on any atom is -0.496 e. The Morgan fingerprint density at radius 2 is 1.69 bits per heavy atom. The van der Waals surface area contributed by atoms with Crippen LogP contribution in [0.25, 0.3) is 6.08 Å². The predicted octanol–water partition coefficient (Wildman–Crippen LogP) is 3.19. The monoisotopic (exact) mass is 465 g/mol. The van der Waals surface area contributed by atoms with E-state index in [-0.39, 0.29) is 12.3 Å². The fourth-order valence-corrected chi connectivity index (χ4v) is 3.99. The molecule has 0 spiro atoms. The summed E-state index contributed by atoms with van der Waals surface area (Å²) in [7, 11) is 0.753. The van der Waals surface area contributed by atoms with Crippen LogP contribution in [-0.2, 0) is 20.4 Å². The van der Waals surface area contributed by atoms with Gasteiger partial charge in [0.25, 0.3) is 0 Å². The lowest BCUT2D eigenvalue weighted by Crippen LogP contribution is -2.13. The molecule has 0 saturated heterocycles. The zero-order chi connectivity index (χ0) is 23.7. The van der Waals surface area contributed by atoms with Crippen LogP contribution in [0.4, 0.5) is 5.69 Å². The number of benzene rings is 2. The van der Waals surface area contributed by atoms with Gasteiger partial charge in [-0.2, -0.15) is 0 Å². The molecule has 0 saturated carbocycles. The molecule has 2 N–H and O–H groups in total. The van der Waals surface area contributed by atoms with Crippen molar-refractivity contribution < 1.29 is 37.3 Å². The van der Waals surface area contributed by atoms with Gasteiger partial charge in [0.05, 0.1) is 44.9 Å². The molecule has 0 heterocycles. The molecule has 0 aliphatic rings. The van der Waals surface area contributed by atoms with Crippen LogP contribution in [0, 0.1) is 0 Å². The van der Waals surface area contributed by atoms with Crippen molar-refractivity contribution in [2.24, 2.45) is 0 Å². The molecule has 32 heavy (non-hydrogen) atoms. The highest BCUT2D eigenvalue weighted by molar-refractivity contribution is 7.93. The van der Waals surface area contributed by atoms with E-state index in [2.05, 4.69) is 5.32 Å². The summed E-state index contributed by atoms with van der Waals surface area (Å²) in [6.07, 6.45) is 1.41. The first-order valence-corrected chi connectivity index (χ1v) is 11.4. The SMILES string of the molecule is CCOc1ccc(CS(=O)(=O)/C=C/c2c(OC)cc(OC)cc2OC)cc1NCC(=O)O. The number of nitrogens with one attached hydrogen (secondary N) is 1. The first kappa shape index (κ1) is 24.9. The Kier molecular flexibility index (Phi) is 8.77. The van der Waals surface area contributed by atoms with E-state index >= 15 is 0 Å². The molecule has 9 nitrogen and oxygen atoms in total. The number of carboxylic acid groups (broad SMARTS) is 1. The molecule has 0 atom stereocenters. The van der Waals surface area contributed by atoms with E-state index in [9.17, 15) is 13.2 Å². The Morgan fingerprint density at radius 1 is 1.03 bits per heavy atom. The number of carboxylic acids is 1. The molecule has 0 aliphatic carbocycles. The summed E-state index contributed by atoms with van der Waals surface area (Å²) in [4.78, 5) is 10.9. The summed E-state index contributed by atoms with van der Waals surface area (Å²) in [5.74, 6) is 0.407. The lowest BCUT2D eigenvalue weighted by atomic mass is 10.1. The van der Waals surface area contributed by atoms with Gasteiger partial charge in [0, 0.05) is 17.5 Å². The molecule has 0 bridgehead atoms. The number of ether oxygens (including phenoxy) is 4. The van der Waals surface area contributed by atoms with Crippen molar-refractivity contribution in [1.82, 2.24) is 0 Å². The van der Waals surface area contributed by atoms with Crippen LogP contribution in [0.1, 0.15) is 18.1 Å². The number of sulfone groups is 1. The molecular formula is C22H27NO8S. The summed E-state index contributed by atoms with van der Waals surface area (Å²) < 4.78 is 46.8. The molecule has 2 aromatic carbocycles. The van der Waals surface area contributed by atoms with E-state index in [0.29, 0.717) is 46.4 Å². The maximum atomic E-state index is 12.7. The highest BCUT2D eigenvalue weighted by Gasteiger charge is 2.15. The minimum absolute atomic E-state index is 0.293. The van der Waals surface area contributed by atoms with E-state index in [4.69, 9.17) is 24.1 Å². The van der Waals surface area contributed by atoms with Gasteiger partial charge in [0.15, 0.2) is 9.84 Å². The van der Waals surface area contributed by atoms with Crippen molar-refractivity contribution >= 4 is 27.6 Å². The normalized spacial score (nSPS) is 11.2. The molecule has 174 valence electrons. The number of anilines is 1. The van der Waals surface area contributed by atoms with Crippen molar-refractivity contribution in [3.63, 3.8) is 0 Å². The van der Waals surface area contributed by atoms with Crippen LogP contribution in [0.3, 0.4) is 0 Å². The summed E-state index contributed by atoms with van der Waals surface area (Å²) in [5.41, 5.74) is 1.33. The number of aliphatic carboxylic acids is 1. The molecule has 0 radical (unpaired) electrons. The third kappa shape index (κ3) is 6.81. The van der Waals surface area contributed by atoms with Crippen LogP contribution in [0.2, 0.25) is 0 Å². The number of rotatable bonds is 12. The van der Waals surface area contributed by atoms with Gasteiger partial charge in [-0.25, -0.2) is 8.42 Å². The third-order valence-corrected chi connectivity index (χ3v) is 5.62. The maximum absolute atomic E-state index is 12.7. The first-order valence-electron chi connectivity index (χ1n) is 9.65. The Hall–Kier alpha value is -3.40. The fraction of sp³-hybridized carbons (Fsp3) is 0.318. The van der Waals surface area contributed by atoms with Gasteiger partial charge >= 0.3 is 5.97 Å². The fourth-order valence-electron chi connectivity index (χ4n) is 2.91. The number of hydrogen-bond acceptors (Lipinski definition) is 8. The molecule has 10 heteroatoms. The Balaban J connectivity index is 2.31. The predicted molar refractivity (Wildman–Crippen MR) is 121 cm³/mol. The largest absolute Gasteiger partial charge is 0.496 e. The van der Waals surface area contributed by atoms with Gasteiger partial charge in [-0.05, 0) is 30.7 Å². The molecule has 0 amide bonds. The Morgan fingerprint density at radius 3 is 2.22 bits per heavy atom. The second-order valence-corrected chi connectivity index (χ2v) is 8.45. The quantitative estimate of drug-likeness (QED) is 0.487. The minimum atomic E-state index is -3.68. The van der Waals surface area contributed by atoms with Crippen molar-refractivity contribution in [1.29, 1.82) is 0 Å². The number of methoxy groups -OCH3 is 3. The molecule has 2 rings (SSSR count). The maximum Gasteiger partial charge on any atom is 0.322 e. The van der Waals surface area contributed by atoms with E-state index in [1.165, 1.54) is 27.4 Å². The van der Waals surface area contributed by atoms with Crippen molar-refractivity contribution in [2.75, 3.05) is 39.8 Å². The van der Waals surface area contributed by atoms with Gasteiger partial charge in [-0.3, -0.25) is 4.79 Å². The Labute approximate surface area is 187 Å². The summed E-state index contributed by atoms with van der Waals surface area (Å²) >= 11 is 0. The van der Waals surface area contributed by atoms with Crippen LogP contribution < -0.4 is 24.3 Å². The molecule has 0 aromatic heterocycles. The van der Waals surface area contributed by atoms with Gasteiger partial charge < -0.3 is 29.4 Å². The van der Waals surface area contributed by atoms with Crippen LogP contribution >= 0.6 is 0 Å². The Bertz CT molecular complexity index is 1050. The second-order valence-electron chi connectivity index (χ2n) is 6.57. The molecular weight excluding hydrogens is 438 g/mol. The summed E-state index contributed by atoms with van der Waals surface area (Å²) in [6.45, 7) is 1.85. The van der Waals surface area contributed by atoms with E-state index in [1.54, 1.807) is 37.3 Å². The van der Waals surface area contributed by atoms with Crippen molar-refractivity contribution in [3.05, 3.63) is 46.9 Å². The smallest absolute Gasteiger partial charge is 0.322 e. The zero-order valence-electron chi connectivity index (χ0n) is 18.4. The topological polar surface area (TPSA) is 120 Å². The number of carbonyl (C=O) groups is 1. The van der Waals surface area contributed by atoms with Gasteiger partial charge in [0.2, 0.25) is 0 Å². The van der Waals surface area contributed by atoms with Crippen LogP contribution in [-0.4, -0.2) is 54.0 Å². The zero-order valence-corrected chi connectivity index (χ0v) is 19.2. The van der Waals surface area contributed by atoms with E-state index < -0.39 is 15.8 Å².